The van der Waals surface area contributed by atoms with E-state index in [1.54, 1.807) is 6.33 Å². The first kappa shape index (κ1) is 20.9. The Labute approximate surface area is 188 Å². The number of carbonyl (C=O) groups excluding carboxylic acids is 1. The second kappa shape index (κ2) is 8.90. The van der Waals surface area contributed by atoms with E-state index in [0.29, 0.717) is 25.6 Å². The number of hydrogen-bond acceptors (Lipinski definition) is 5. The first-order valence-corrected chi connectivity index (χ1v) is 11.5. The minimum atomic E-state index is -0.246. The highest BCUT2D eigenvalue weighted by Gasteiger charge is 2.32. The van der Waals surface area contributed by atoms with Gasteiger partial charge in [0.25, 0.3) is 5.91 Å². The molecule has 2 aliphatic heterocycles. The predicted octanol–water partition coefficient (Wildman–Crippen LogP) is 3.65. The van der Waals surface area contributed by atoms with Gasteiger partial charge in [0, 0.05) is 44.8 Å². The average molecular weight is 435 g/mol. The molecule has 0 aliphatic carbocycles. The van der Waals surface area contributed by atoms with Crippen LogP contribution in [-0.4, -0.2) is 57.2 Å². The number of rotatable bonds is 5. The zero-order valence-electron chi connectivity index (χ0n) is 18.8. The van der Waals surface area contributed by atoms with Crippen molar-refractivity contribution in [3.63, 3.8) is 0 Å². The number of piperidine rings is 1. The molecule has 32 heavy (non-hydrogen) atoms. The molecule has 2 fully saturated rings. The summed E-state index contributed by atoms with van der Waals surface area (Å²) in [5.41, 5.74) is 4.46. The van der Waals surface area contributed by atoms with Crippen LogP contribution in [0, 0.1) is 13.8 Å². The summed E-state index contributed by atoms with van der Waals surface area (Å²) in [5, 5.41) is 0.985. The van der Waals surface area contributed by atoms with Gasteiger partial charge in [-0.1, -0.05) is 30.3 Å². The van der Waals surface area contributed by atoms with E-state index in [2.05, 4.69) is 52.6 Å². The molecule has 0 saturated carbocycles. The SMILES string of the molecule is Cc1c(C)n(Cc2ccccc2)c2ncnc(OC3CCN(C(=O)C4CCCO4)CC3)c12. The number of fused-ring (bicyclic) bond motifs is 1. The summed E-state index contributed by atoms with van der Waals surface area (Å²) < 4.78 is 14.2. The van der Waals surface area contributed by atoms with Gasteiger partial charge in [-0.05, 0) is 37.8 Å². The van der Waals surface area contributed by atoms with Crippen LogP contribution in [0.2, 0.25) is 0 Å². The summed E-state index contributed by atoms with van der Waals surface area (Å²) in [6.07, 6.45) is 4.80. The maximum atomic E-state index is 12.6. The van der Waals surface area contributed by atoms with Crippen molar-refractivity contribution in [2.24, 2.45) is 0 Å². The molecule has 4 heterocycles. The summed E-state index contributed by atoms with van der Waals surface area (Å²) in [4.78, 5) is 23.6. The molecule has 168 valence electrons. The van der Waals surface area contributed by atoms with Crippen LogP contribution in [0.4, 0.5) is 0 Å². The number of aromatic nitrogens is 3. The van der Waals surface area contributed by atoms with E-state index >= 15 is 0 Å². The third-order valence-electron chi connectivity index (χ3n) is 6.79. The minimum absolute atomic E-state index is 0.0406. The van der Waals surface area contributed by atoms with Crippen molar-refractivity contribution in [1.82, 2.24) is 19.4 Å². The lowest BCUT2D eigenvalue weighted by Crippen LogP contribution is -2.45. The molecule has 1 aromatic carbocycles. The Kier molecular flexibility index (Phi) is 5.83. The normalized spacial score (nSPS) is 19.6. The second-order valence-corrected chi connectivity index (χ2v) is 8.80. The van der Waals surface area contributed by atoms with Gasteiger partial charge >= 0.3 is 0 Å². The lowest BCUT2D eigenvalue weighted by atomic mass is 10.1. The van der Waals surface area contributed by atoms with E-state index in [1.165, 1.54) is 11.3 Å². The fourth-order valence-corrected chi connectivity index (χ4v) is 4.81. The number of carbonyl (C=O) groups is 1. The van der Waals surface area contributed by atoms with Crippen LogP contribution in [0.3, 0.4) is 0 Å². The van der Waals surface area contributed by atoms with Gasteiger partial charge in [0.1, 0.15) is 24.2 Å². The Hall–Kier alpha value is -2.93. The van der Waals surface area contributed by atoms with E-state index < -0.39 is 0 Å². The van der Waals surface area contributed by atoms with Gasteiger partial charge in [-0.2, -0.15) is 0 Å². The topological polar surface area (TPSA) is 69.5 Å². The molecule has 2 aliphatic rings. The number of hydrogen-bond donors (Lipinski definition) is 0. The third kappa shape index (κ3) is 3.97. The molecule has 0 bridgehead atoms. The van der Waals surface area contributed by atoms with Gasteiger partial charge in [-0.3, -0.25) is 4.79 Å². The molecule has 1 atom stereocenters. The number of ether oxygens (including phenoxy) is 2. The molecule has 7 heteroatoms. The standard InChI is InChI=1S/C25H30N4O3/c1-17-18(2)29(15-19-7-4-3-5-8-19)23-22(17)24(27-16-26-23)32-20-10-12-28(13-11-20)25(30)21-9-6-14-31-21/h3-5,7-8,16,20-21H,6,9-15H2,1-2H3. The summed E-state index contributed by atoms with van der Waals surface area (Å²) in [7, 11) is 0. The Morgan fingerprint density at radius 1 is 1.12 bits per heavy atom. The Morgan fingerprint density at radius 3 is 2.62 bits per heavy atom. The van der Waals surface area contributed by atoms with Crippen molar-refractivity contribution in [2.45, 2.75) is 58.3 Å². The summed E-state index contributed by atoms with van der Waals surface area (Å²) in [6.45, 7) is 7.09. The first-order chi connectivity index (χ1) is 15.6. The van der Waals surface area contributed by atoms with Crippen molar-refractivity contribution in [1.29, 1.82) is 0 Å². The summed E-state index contributed by atoms with van der Waals surface area (Å²) >= 11 is 0. The monoisotopic (exact) mass is 434 g/mol. The van der Waals surface area contributed by atoms with Crippen LogP contribution < -0.4 is 4.74 Å². The lowest BCUT2D eigenvalue weighted by Gasteiger charge is -2.33. The van der Waals surface area contributed by atoms with Gasteiger partial charge in [0.05, 0.1) is 5.39 Å². The van der Waals surface area contributed by atoms with Gasteiger partial charge in [0.15, 0.2) is 0 Å². The smallest absolute Gasteiger partial charge is 0.251 e. The Bertz CT molecular complexity index is 1100. The highest BCUT2D eigenvalue weighted by molar-refractivity contribution is 5.86. The highest BCUT2D eigenvalue weighted by Crippen LogP contribution is 2.32. The predicted molar refractivity (Wildman–Crippen MR) is 122 cm³/mol. The fourth-order valence-electron chi connectivity index (χ4n) is 4.81. The van der Waals surface area contributed by atoms with E-state index in [1.807, 2.05) is 11.0 Å². The average Bonchev–Trinajstić information content (AvgIpc) is 3.44. The van der Waals surface area contributed by atoms with Crippen LogP contribution in [0.25, 0.3) is 11.0 Å². The van der Waals surface area contributed by atoms with Crippen molar-refractivity contribution in [3.05, 3.63) is 53.5 Å². The Morgan fingerprint density at radius 2 is 1.91 bits per heavy atom. The molecule has 5 rings (SSSR count). The van der Waals surface area contributed by atoms with Crippen molar-refractivity contribution >= 4 is 16.9 Å². The van der Waals surface area contributed by atoms with E-state index in [4.69, 9.17) is 9.47 Å². The number of amides is 1. The van der Waals surface area contributed by atoms with Gasteiger partial charge in [-0.25, -0.2) is 9.97 Å². The van der Waals surface area contributed by atoms with Crippen LogP contribution in [0.15, 0.2) is 36.7 Å². The number of aryl methyl sites for hydroxylation is 1. The molecule has 2 saturated heterocycles. The third-order valence-corrected chi connectivity index (χ3v) is 6.79. The highest BCUT2D eigenvalue weighted by atomic mass is 16.5. The van der Waals surface area contributed by atoms with Gasteiger partial charge in [-0.15, -0.1) is 0 Å². The molecular weight excluding hydrogens is 404 g/mol. The first-order valence-electron chi connectivity index (χ1n) is 11.5. The van der Waals surface area contributed by atoms with E-state index in [9.17, 15) is 4.79 Å². The quantitative estimate of drug-likeness (QED) is 0.613. The number of nitrogens with zero attached hydrogens (tertiary/aromatic N) is 4. The molecule has 2 aromatic heterocycles. The Balaban J connectivity index is 1.32. The number of benzene rings is 1. The molecule has 0 radical (unpaired) electrons. The fraction of sp³-hybridized carbons (Fsp3) is 0.480. The zero-order chi connectivity index (χ0) is 22.1. The molecule has 0 spiro atoms. The molecule has 1 unspecified atom stereocenters. The largest absolute Gasteiger partial charge is 0.474 e. The van der Waals surface area contributed by atoms with Gasteiger partial charge in [0.2, 0.25) is 5.88 Å². The van der Waals surface area contributed by atoms with Crippen LogP contribution in [0.5, 0.6) is 5.88 Å². The minimum Gasteiger partial charge on any atom is -0.474 e. The maximum Gasteiger partial charge on any atom is 0.251 e. The molecular formula is C25H30N4O3. The van der Waals surface area contributed by atoms with Crippen molar-refractivity contribution in [2.75, 3.05) is 19.7 Å². The zero-order valence-corrected chi connectivity index (χ0v) is 18.8. The van der Waals surface area contributed by atoms with Gasteiger partial charge < -0.3 is 18.9 Å². The molecule has 1 amide bonds. The molecule has 3 aromatic rings. The summed E-state index contributed by atoms with van der Waals surface area (Å²) in [5.74, 6) is 0.779. The molecule has 0 N–H and O–H groups in total. The summed E-state index contributed by atoms with van der Waals surface area (Å²) in [6, 6.07) is 10.4. The van der Waals surface area contributed by atoms with E-state index in [-0.39, 0.29) is 18.1 Å². The maximum absolute atomic E-state index is 12.6. The van der Waals surface area contributed by atoms with Crippen LogP contribution in [-0.2, 0) is 16.1 Å². The van der Waals surface area contributed by atoms with Crippen molar-refractivity contribution in [3.8, 4) is 5.88 Å². The number of likely N-dealkylation sites (tertiary alicyclic amines) is 1. The lowest BCUT2D eigenvalue weighted by molar-refractivity contribution is -0.142. The van der Waals surface area contributed by atoms with Crippen molar-refractivity contribution < 1.29 is 14.3 Å². The second-order valence-electron chi connectivity index (χ2n) is 8.80. The van der Waals surface area contributed by atoms with Crippen LogP contribution in [0.1, 0.15) is 42.5 Å². The van der Waals surface area contributed by atoms with E-state index in [0.717, 1.165) is 48.8 Å². The molecule has 7 nitrogen and oxygen atoms in total. The van der Waals surface area contributed by atoms with Crippen LogP contribution >= 0.6 is 0 Å².